The third-order valence-corrected chi connectivity index (χ3v) is 5.15. The minimum Gasteiger partial charge on any atom is -0.356 e. The average Bonchev–Trinajstić information content (AvgIpc) is 3.03. The van der Waals surface area contributed by atoms with Crippen molar-refractivity contribution >= 4 is 38.7 Å². The van der Waals surface area contributed by atoms with Gasteiger partial charge in [0.1, 0.15) is 12.1 Å². The molecule has 0 N–H and O–H groups in total. The zero-order valence-corrected chi connectivity index (χ0v) is 15.8. The van der Waals surface area contributed by atoms with Gasteiger partial charge in [0.25, 0.3) is 0 Å². The molecule has 0 aliphatic carbocycles. The Kier molecular flexibility index (Phi) is 4.24. The highest BCUT2D eigenvalue weighted by Gasteiger charge is 2.26. The Morgan fingerprint density at radius 3 is 2.52 bits per heavy atom. The molecule has 3 aromatic heterocycles. The van der Waals surface area contributed by atoms with Crippen LogP contribution in [0, 0.1) is 0 Å². The van der Waals surface area contributed by atoms with E-state index >= 15 is 0 Å². The highest BCUT2D eigenvalue weighted by Crippen LogP contribution is 2.27. The van der Waals surface area contributed by atoms with E-state index in [1.54, 1.807) is 23.4 Å². The quantitative estimate of drug-likeness (QED) is 0.662. The molecule has 1 saturated heterocycles. The van der Waals surface area contributed by atoms with E-state index in [1.165, 1.54) is 0 Å². The molecular weight excluding hydrogens is 384 g/mol. The Balaban J connectivity index is 1.48. The summed E-state index contributed by atoms with van der Waals surface area (Å²) in [5.41, 5.74) is 0.868. The smallest absolute Gasteiger partial charge is 0.225 e. The maximum absolute atomic E-state index is 4.50. The number of hydrogen-bond acceptors (Lipinski definition) is 7. The summed E-state index contributed by atoms with van der Waals surface area (Å²) >= 11 is 3.38. The fraction of sp³-hybridized carbons (Fsp3) is 0.438. The van der Waals surface area contributed by atoms with Crippen LogP contribution in [0.5, 0.6) is 0 Å². The number of hydrogen-bond donors (Lipinski definition) is 0. The van der Waals surface area contributed by atoms with Gasteiger partial charge < -0.3 is 9.80 Å². The van der Waals surface area contributed by atoms with E-state index in [-0.39, 0.29) is 0 Å². The number of nitrogens with zero attached hydrogens (tertiary/aromatic N) is 8. The molecule has 1 fully saturated rings. The SMILES string of the molecule is CN(c1ncc(Br)cn1)C1CCN(c2ncnc3c2cnn3C)CC1. The van der Waals surface area contributed by atoms with Gasteiger partial charge in [0.05, 0.1) is 16.1 Å². The van der Waals surface area contributed by atoms with Gasteiger partial charge in [0, 0.05) is 45.6 Å². The fourth-order valence-corrected chi connectivity index (χ4v) is 3.52. The molecule has 9 heteroatoms. The number of aromatic nitrogens is 6. The molecule has 0 amide bonds. The van der Waals surface area contributed by atoms with Crippen LogP contribution in [-0.4, -0.2) is 55.9 Å². The zero-order chi connectivity index (χ0) is 17.4. The first-order valence-electron chi connectivity index (χ1n) is 8.21. The fourth-order valence-electron chi connectivity index (χ4n) is 3.32. The van der Waals surface area contributed by atoms with Crippen molar-refractivity contribution in [2.45, 2.75) is 18.9 Å². The monoisotopic (exact) mass is 402 g/mol. The summed E-state index contributed by atoms with van der Waals surface area (Å²) in [6.45, 7) is 1.87. The lowest BCUT2D eigenvalue weighted by molar-refractivity contribution is 0.476. The van der Waals surface area contributed by atoms with E-state index in [0.29, 0.717) is 6.04 Å². The third kappa shape index (κ3) is 3.04. The van der Waals surface area contributed by atoms with Crippen molar-refractivity contribution in [3.63, 3.8) is 0 Å². The van der Waals surface area contributed by atoms with Gasteiger partial charge in [0.2, 0.25) is 5.95 Å². The molecular formula is C16H19BrN8. The molecule has 0 atom stereocenters. The first-order valence-corrected chi connectivity index (χ1v) is 9.01. The van der Waals surface area contributed by atoms with Gasteiger partial charge in [-0.3, -0.25) is 4.68 Å². The standard InChI is InChI=1S/C16H19BrN8/c1-23(16-18-7-11(17)8-19-16)12-3-5-25(6-4-12)15-13-9-22-24(2)14(13)20-10-21-15/h7-10,12H,3-6H2,1-2H3. The van der Waals surface area contributed by atoms with Gasteiger partial charge in [-0.05, 0) is 28.8 Å². The summed E-state index contributed by atoms with van der Waals surface area (Å²) in [4.78, 5) is 22.1. The number of anilines is 2. The Hall–Kier alpha value is -2.29. The summed E-state index contributed by atoms with van der Waals surface area (Å²) in [6, 6.07) is 0.420. The maximum Gasteiger partial charge on any atom is 0.225 e. The van der Waals surface area contributed by atoms with Gasteiger partial charge in [-0.1, -0.05) is 0 Å². The Labute approximate surface area is 154 Å². The highest BCUT2D eigenvalue weighted by atomic mass is 79.9. The van der Waals surface area contributed by atoms with Gasteiger partial charge >= 0.3 is 0 Å². The van der Waals surface area contributed by atoms with Crippen LogP contribution in [-0.2, 0) is 7.05 Å². The van der Waals surface area contributed by atoms with E-state index in [1.807, 2.05) is 13.2 Å². The van der Waals surface area contributed by atoms with Crippen molar-refractivity contribution in [3.8, 4) is 0 Å². The van der Waals surface area contributed by atoms with E-state index in [4.69, 9.17) is 0 Å². The minimum atomic E-state index is 0.420. The third-order valence-electron chi connectivity index (χ3n) is 4.74. The molecule has 0 saturated carbocycles. The van der Waals surface area contributed by atoms with Crippen LogP contribution in [0.4, 0.5) is 11.8 Å². The first-order chi connectivity index (χ1) is 12.1. The summed E-state index contributed by atoms with van der Waals surface area (Å²) in [6.07, 6.45) is 9.09. The van der Waals surface area contributed by atoms with Crippen LogP contribution in [0.25, 0.3) is 11.0 Å². The molecule has 25 heavy (non-hydrogen) atoms. The van der Waals surface area contributed by atoms with E-state index in [2.05, 4.69) is 57.8 Å². The molecule has 4 heterocycles. The second-order valence-corrected chi connectivity index (χ2v) is 7.15. The Morgan fingerprint density at radius 2 is 1.80 bits per heavy atom. The van der Waals surface area contributed by atoms with Gasteiger partial charge in [-0.25, -0.2) is 19.9 Å². The normalized spacial score (nSPS) is 15.7. The predicted molar refractivity (Wildman–Crippen MR) is 99.7 cm³/mol. The van der Waals surface area contributed by atoms with Gasteiger partial charge in [-0.15, -0.1) is 0 Å². The lowest BCUT2D eigenvalue weighted by Crippen LogP contribution is -2.44. The van der Waals surface area contributed by atoms with Crippen LogP contribution in [0.1, 0.15) is 12.8 Å². The van der Waals surface area contributed by atoms with Gasteiger partial charge in [-0.2, -0.15) is 5.10 Å². The summed E-state index contributed by atoms with van der Waals surface area (Å²) < 4.78 is 2.68. The molecule has 0 unspecified atom stereocenters. The molecule has 130 valence electrons. The van der Waals surface area contributed by atoms with Crippen molar-refractivity contribution in [3.05, 3.63) is 29.4 Å². The van der Waals surface area contributed by atoms with Crippen LogP contribution in [0.3, 0.4) is 0 Å². The number of fused-ring (bicyclic) bond motifs is 1. The largest absolute Gasteiger partial charge is 0.356 e. The molecule has 1 aliphatic heterocycles. The topological polar surface area (TPSA) is 75.9 Å². The minimum absolute atomic E-state index is 0.420. The highest BCUT2D eigenvalue weighted by molar-refractivity contribution is 9.10. The van der Waals surface area contributed by atoms with Gasteiger partial charge in [0.15, 0.2) is 5.65 Å². The van der Waals surface area contributed by atoms with E-state index in [0.717, 1.165) is 53.2 Å². The molecule has 4 rings (SSSR count). The lowest BCUT2D eigenvalue weighted by atomic mass is 10.0. The molecule has 3 aromatic rings. The van der Waals surface area contributed by atoms with Crippen molar-refractivity contribution in [1.29, 1.82) is 0 Å². The van der Waals surface area contributed by atoms with Crippen LogP contribution >= 0.6 is 15.9 Å². The zero-order valence-electron chi connectivity index (χ0n) is 14.2. The number of aryl methyl sites for hydroxylation is 1. The second-order valence-electron chi connectivity index (χ2n) is 6.23. The van der Waals surface area contributed by atoms with Crippen LogP contribution < -0.4 is 9.80 Å². The van der Waals surface area contributed by atoms with Crippen molar-refractivity contribution in [2.24, 2.45) is 7.05 Å². The summed E-state index contributed by atoms with van der Waals surface area (Å²) in [7, 11) is 3.96. The van der Waals surface area contributed by atoms with Crippen LogP contribution in [0.15, 0.2) is 29.4 Å². The predicted octanol–water partition coefficient (Wildman–Crippen LogP) is 2.02. The van der Waals surface area contributed by atoms with Crippen LogP contribution in [0.2, 0.25) is 0 Å². The van der Waals surface area contributed by atoms with Crippen molar-refractivity contribution in [1.82, 2.24) is 29.7 Å². The molecule has 0 radical (unpaired) electrons. The van der Waals surface area contributed by atoms with Crippen molar-refractivity contribution in [2.75, 3.05) is 29.9 Å². The molecule has 0 spiro atoms. The first kappa shape index (κ1) is 16.2. The Morgan fingerprint density at radius 1 is 1.08 bits per heavy atom. The second kappa shape index (κ2) is 6.55. The number of rotatable bonds is 3. The van der Waals surface area contributed by atoms with E-state index in [9.17, 15) is 0 Å². The molecule has 0 bridgehead atoms. The van der Waals surface area contributed by atoms with Crippen molar-refractivity contribution < 1.29 is 0 Å². The average molecular weight is 403 g/mol. The maximum atomic E-state index is 4.50. The number of halogens is 1. The van der Waals surface area contributed by atoms with E-state index < -0.39 is 0 Å². The lowest BCUT2D eigenvalue weighted by Gasteiger charge is -2.37. The summed E-state index contributed by atoms with van der Waals surface area (Å²) in [5, 5.41) is 5.31. The molecule has 8 nitrogen and oxygen atoms in total. The summed E-state index contributed by atoms with van der Waals surface area (Å²) in [5.74, 6) is 1.73. The number of piperidine rings is 1. The Bertz CT molecular complexity index is 869. The molecule has 0 aromatic carbocycles. The molecule has 1 aliphatic rings.